The van der Waals surface area contributed by atoms with E-state index in [0.29, 0.717) is 36.8 Å². The molecule has 0 radical (unpaired) electrons. The number of hydrogen-bond donors (Lipinski definition) is 0. The summed E-state index contributed by atoms with van der Waals surface area (Å²) in [6.07, 6.45) is 8.34. The standard InChI is InChI=1S/C24H24F3N3O2S/c1-33-22-17(3-2-11-28-22)23(32)29-12-8-24(9-13-29)10-14-30(15-24)19(31)7-5-16-4-6-18(25)21(27)20(16)26/h2-7,11H,8-10,12-15H2,1H3. The number of piperidine rings is 1. The second kappa shape index (κ2) is 9.59. The first kappa shape index (κ1) is 23.4. The molecule has 3 heterocycles. The molecule has 1 aromatic heterocycles. The van der Waals surface area contributed by atoms with Gasteiger partial charge in [-0.1, -0.05) is 0 Å². The molecule has 0 aliphatic carbocycles. The zero-order valence-electron chi connectivity index (χ0n) is 18.2. The summed E-state index contributed by atoms with van der Waals surface area (Å²) in [6.45, 7) is 2.34. The lowest BCUT2D eigenvalue weighted by Gasteiger charge is -2.39. The molecule has 2 aliphatic heterocycles. The zero-order valence-corrected chi connectivity index (χ0v) is 19.0. The Hall–Kier alpha value is -2.81. The van der Waals surface area contributed by atoms with Crippen LogP contribution in [0.1, 0.15) is 35.2 Å². The highest BCUT2D eigenvalue weighted by atomic mass is 32.2. The van der Waals surface area contributed by atoms with Crippen LogP contribution in [0.2, 0.25) is 0 Å². The van der Waals surface area contributed by atoms with Crippen molar-refractivity contribution in [3.05, 3.63) is 65.1 Å². The van der Waals surface area contributed by atoms with Crippen molar-refractivity contribution in [3.8, 4) is 0 Å². The highest BCUT2D eigenvalue weighted by molar-refractivity contribution is 7.98. The van der Waals surface area contributed by atoms with Crippen LogP contribution < -0.4 is 0 Å². The fourth-order valence-electron chi connectivity index (χ4n) is 4.54. The van der Waals surface area contributed by atoms with Crippen LogP contribution in [0.3, 0.4) is 0 Å². The van der Waals surface area contributed by atoms with Crippen LogP contribution in [0.15, 0.2) is 41.6 Å². The summed E-state index contributed by atoms with van der Waals surface area (Å²) in [5.74, 6) is -4.45. The van der Waals surface area contributed by atoms with E-state index < -0.39 is 17.5 Å². The lowest BCUT2D eigenvalue weighted by Crippen LogP contribution is -2.44. The second-order valence-electron chi connectivity index (χ2n) is 8.46. The number of aromatic nitrogens is 1. The quantitative estimate of drug-likeness (QED) is 0.374. The lowest BCUT2D eigenvalue weighted by atomic mass is 9.77. The lowest BCUT2D eigenvalue weighted by molar-refractivity contribution is -0.125. The minimum atomic E-state index is -1.55. The van der Waals surface area contributed by atoms with Gasteiger partial charge in [0.05, 0.1) is 5.56 Å². The summed E-state index contributed by atoms with van der Waals surface area (Å²) in [6, 6.07) is 5.48. The van der Waals surface area contributed by atoms with E-state index in [0.717, 1.165) is 31.4 Å². The Balaban J connectivity index is 1.36. The van der Waals surface area contributed by atoms with Crippen molar-refractivity contribution in [2.24, 2.45) is 5.41 Å². The molecule has 9 heteroatoms. The number of carbonyl (C=O) groups is 2. The molecule has 0 unspecified atom stereocenters. The van der Waals surface area contributed by atoms with E-state index in [2.05, 4.69) is 4.98 Å². The Bertz CT molecular complexity index is 1100. The van der Waals surface area contributed by atoms with Gasteiger partial charge < -0.3 is 9.80 Å². The van der Waals surface area contributed by atoms with Gasteiger partial charge >= 0.3 is 0 Å². The van der Waals surface area contributed by atoms with Crippen LogP contribution in [0, 0.1) is 22.9 Å². The number of pyridine rings is 1. The molecule has 2 saturated heterocycles. The van der Waals surface area contributed by atoms with Gasteiger partial charge in [-0.15, -0.1) is 11.8 Å². The Labute approximate surface area is 194 Å². The number of rotatable bonds is 4. The van der Waals surface area contributed by atoms with Crippen molar-refractivity contribution in [3.63, 3.8) is 0 Å². The maximum Gasteiger partial charge on any atom is 0.256 e. The summed E-state index contributed by atoms with van der Waals surface area (Å²) in [7, 11) is 0. The van der Waals surface area contributed by atoms with Crippen LogP contribution >= 0.6 is 11.8 Å². The van der Waals surface area contributed by atoms with Crippen molar-refractivity contribution in [1.29, 1.82) is 0 Å². The molecular weight excluding hydrogens is 451 g/mol. The molecule has 1 spiro atoms. The van der Waals surface area contributed by atoms with E-state index in [-0.39, 0.29) is 22.8 Å². The van der Waals surface area contributed by atoms with E-state index in [1.165, 1.54) is 23.9 Å². The van der Waals surface area contributed by atoms with E-state index in [1.54, 1.807) is 23.2 Å². The van der Waals surface area contributed by atoms with Gasteiger partial charge in [0.15, 0.2) is 17.5 Å². The van der Waals surface area contributed by atoms with Crippen molar-refractivity contribution in [2.75, 3.05) is 32.4 Å². The molecule has 33 heavy (non-hydrogen) atoms. The molecule has 2 aromatic rings. The fourth-order valence-corrected chi connectivity index (χ4v) is 5.08. The Morgan fingerprint density at radius 1 is 1.03 bits per heavy atom. The van der Waals surface area contributed by atoms with Gasteiger partial charge in [-0.2, -0.15) is 0 Å². The first-order chi connectivity index (χ1) is 15.8. The highest BCUT2D eigenvalue weighted by Gasteiger charge is 2.42. The predicted octanol–water partition coefficient (Wildman–Crippen LogP) is 4.39. The van der Waals surface area contributed by atoms with Crippen LogP contribution in [0.25, 0.3) is 6.08 Å². The topological polar surface area (TPSA) is 53.5 Å². The molecule has 4 rings (SSSR count). The van der Waals surface area contributed by atoms with E-state index >= 15 is 0 Å². The maximum atomic E-state index is 13.8. The minimum Gasteiger partial charge on any atom is -0.339 e. The predicted molar refractivity (Wildman–Crippen MR) is 120 cm³/mol. The van der Waals surface area contributed by atoms with Gasteiger partial charge in [-0.3, -0.25) is 9.59 Å². The summed E-state index contributed by atoms with van der Waals surface area (Å²) in [5, 5.41) is 0.713. The zero-order chi connectivity index (χ0) is 23.6. The molecule has 0 saturated carbocycles. The molecule has 0 N–H and O–H groups in total. The number of amides is 2. The Morgan fingerprint density at radius 2 is 1.73 bits per heavy atom. The third-order valence-electron chi connectivity index (χ3n) is 6.53. The molecule has 5 nitrogen and oxygen atoms in total. The van der Waals surface area contributed by atoms with Crippen molar-refractivity contribution < 1.29 is 22.8 Å². The molecular formula is C24H24F3N3O2S. The van der Waals surface area contributed by atoms with Gasteiger partial charge in [0.2, 0.25) is 5.91 Å². The first-order valence-corrected chi connectivity index (χ1v) is 11.9. The maximum absolute atomic E-state index is 13.8. The highest BCUT2D eigenvalue weighted by Crippen LogP contribution is 2.41. The summed E-state index contributed by atoms with van der Waals surface area (Å²) < 4.78 is 40.3. The van der Waals surface area contributed by atoms with Gasteiger partial charge in [-0.25, -0.2) is 18.2 Å². The average molecular weight is 476 g/mol. The first-order valence-electron chi connectivity index (χ1n) is 10.7. The largest absolute Gasteiger partial charge is 0.339 e. The number of halogens is 3. The van der Waals surface area contributed by atoms with Crippen LogP contribution in [0.5, 0.6) is 0 Å². The molecule has 1 aromatic carbocycles. The number of thioether (sulfide) groups is 1. The van der Waals surface area contributed by atoms with Crippen LogP contribution in [-0.2, 0) is 4.79 Å². The van der Waals surface area contributed by atoms with Gasteiger partial charge in [0.25, 0.3) is 5.91 Å². The van der Waals surface area contributed by atoms with E-state index in [9.17, 15) is 22.8 Å². The van der Waals surface area contributed by atoms with Gasteiger partial charge in [0.1, 0.15) is 5.03 Å². The van der Waals surface area contributed by atoms with Gasteiger partial charge in [0, 0.05) is 44.0 Å². The van der Waals surface area contributed by atoms with Crippen LogP contribution in [-0.4, -0.2) is 59.0 Å². The van der Waals surface area contributed by atoms with E-state index in [4.69, 9.17) is 0 Å². The SMILES string of the molecule is CSc1ncccc1C(=O)N1CCC2(CCN(C(=O)C=Cc3ccc(F)c(F)c3F)C2)CC1. The second-order valence-corrected chi connectivity index (χ2v) is 9.26. The number of hydrogen-bond acceptors (Lipinski definition) is 4. The molecule has 2 fully saturated rings. The number of carbonyl (C=O) groups excluding carboxylic acids is 2. The molecule has 174 valence electrons. The Morgan fingerprint density at radius 3 is 2.42 bits per heavy atom. The monoisotopic (exact) mass is 475 g/mol. The Kier molecular flexibility index (Phi) is 6.78. The third-order valence-corrected chi connectivity index (χ3v) is 7.24. The van der Waals surface area contributed by atoms with Crippen molar-refractivity contribution in [1.82, 2.24) is 14.8 Å². The molecule has 0 atom stereocenters. The van der Waals surface area contributed by atoms with E-state index in [1.807, 2.05) is 11.2 Å². The average Bonchev–Trinajstić information content (AvgIpc) is 3.25. The summed E-state index contributed by atoms with van der Waals surface area (Å²) in [4.78, 5) is 33.4. The van der Waals surface area contributed by atoms with Gasteiger partial charge in [-0.05, 0) is 61.3 Å². The number of benzene rings is 1. The summed E-state index contributed by atoms with van der Waals surface area (Å²) >= 11 is 1.44. The molecule has 2 aliphatic rings. The summed E-state index contributed by atoms with van der Waals surface area (Å²) in [5.41, 5.74) is 0.381. The smallest absolute Gasteiger partial charge is 0.256 e. The molecule has 2 amide bonds. The third kappa shape index (κ3) is 4.78. The number of nitrogens with zero attached hydrogens (tertiary/aromatic N) is 3. The van der Waals surface area contributed by atoms with Crippen LogP contribution in [0.4, 0.5) is 13.2 Å². The van der Waals surface area contributed by atoms with Crippen molar-refractivity contribution >= 4 is 29.7 Å². The molecule has 0 bridgehead atoms. The minimum absolute atomic E-state index is 0.0234. The fraction of sp³-hybridized carbons (Fsp3) is 0.375. The normalized spacial score (nSPS) is 17.8. The van der Waals surface area contributed by atoms with Crippen molar-refractivity contribution in [2.45, 2.75) is 24.3 Å². The number of likely N-dealkylation sites (tertiary alicyclic amines) is 2.